The van der Waals surface area contributed by atoms with E-state index in [1.165, 1.54) is 7.11 Å². The topological polar surface area (TPSA) is 66.8 Å². The number of methoxy groups -OCH3 is 1. The van der Waals surface area contributed by atoms with Crippen molar-refractivity contribution in [1.29, 1.82) is 0 Å². The Hall–Kier alpha value is -1.40. The van der Waals surface area contributed by atoms with E-state index in [0.717, 1.165) is 10.0 Å². The number of halogens is 1. The number of likely N-dealkylation sites (tertiary alicyclic amines) is 1. The number of aliphatic carboxylic acids is 1. The minimum Gasteiger partial charge on any atom is -0.481 e. The zero-order valence-electron chi connectivity index (χ0n) is 12.8. The zero-order chi connectivity index (χ0) is 16.3. The molecule has 1 saturated heterocycles. The monoisotopic (exact) mass is 369 g/mol. The number of carbonyl (C=O) groups excluding carboxylic acids is 1. The highest BCUT2D eigenvalue weighted by Crippen LogP contribution is 2.32. The SMILES string of the molecule is COCC1(C(=O)O)CCCN(C(=O)c2cccc(Br)c2C)C1. The molecule has 1 aromatic carbocycles. The molecule has 0 radical (unpaired) electrons. The molecular formula is C16H20BrNO4. The predicted molar refractivity (Wildman–Crippen MR) is 86.0 cm³/mol. The van der Waals surface area contributed by atoms with E-state index in [-0.39, 0.29) is 19.1 Å². The van der Waals surface area contributed by atoms with Crippen LogP contribution >= 0.6 is 15.9 Å². The van der Waals surface area contributed by atoms with Crippen LogP contribution in [-0.2, 0) is 9.53 Å². The van der Waals surface area contributed by atoms with E-state index < -0.39 is 11.4 Å². The fourth-order valence-corrected chi connectivity index (χ4v) is 3.31. The average Bonchev–Trinajstić information content (AvgIpc) is 2.50. The summed E-state index contributed by atoms with van der Waals surface area (Å²) in [6.45, 7) is 2.74. The number of carboxylic acids is 1. The minimum atomic E-state index is -1.01. The highest BCUT2D eigenvalue weighted by molar-refractivity contribution is 9.10. The Morgan fingerprint density at radius 2 is 2.18 bits per heavy atom. The van der Waals surface area contributed by atoms with Crippen molar-refractivity contribution in [2.75, 3.05) is 26.8 Å². The number of carboxylic acid groups (broad SMARTS) is 1. The summed E-state index contributed by atoms with van der Waals surface area (Å²) in [5.41, 5.74) is 0.460. The standard InChI is InChI=1S/C16H20BrNO4/c1-11-12(5-3-6-13(11)17)14(19)18-8-4-7-16(9-18,10-22-2)15(20)21/h3,5-6H,4,7-10H2,1-2H3,(H,20,21). The van der Waals surface area contributed by atoms with Crippen LogP contribution < -0.4 is 0 Å². The Kier molecular flexibility index (Phi) is 5.24. The lowest BCUT2D eigenvalue weighted by Crippen LogP contribution is -2.52. The molecule has 0 spiro atoms. The summed E-state index contributed by atoms with van der Waals surface area (Å²) in [7, 11) is 1.49. The second-order valence-corrected chi connectivity index (χ2v) is 6.62. The predicted octanol–water partition coefficient (Wildman–Crippen LogP) is 2.71. The Labute approximate surface area is 138 Å². The van der Waals surface area contributed by atoms with Gasteiger partial charge in [0.2, 0.25) is 0 Å². The maximum absolute atomic E-state index is 12.8. The average molecular weight is 370 g/mol. The normalized spacial score (nSPS) is 21.7. The zero-order valence-corrected chi connectivity index (χ0v) is 14.4. The van der Waals surface area contributed by atoms with Gasteiger partial charge in [0.05, 0.1) is 6.61 Å². The van der Waals surface area contributed by atoms with Gasteiger partial charge >= 0.3 is 5.97 Å². The number of hydrogen-bond acceptors (Lipinski definition) is 3. The molecule has 1 N–H and O–H groups in total. The van der Waals surface area contributed by atoms with Gasteiger partial charge in [-0.1, -0.05) is 22.0 Å². The van der Waals surface area contributed by atoms with Gasteiger partial charge in [0.15, 0.2) is 0 Å². The fourth-order valence-electron chi connectivity index (χ4n) is 2.95. The number of hydrogen-bond donors (Lipinski definition) is 1. The summed E-state index contributed by atoms with van der Waals surface area (Å²) in [6.07, 6.45) is 1.19. The van der Waals surface area contributed by atoms with E-state index in [1.54, 1.807) is 11.0 Å². The Balaban J connectivity index is 2.27. The molecule has 1 heterocycles. The molecule has 2 rings (SSSR count). The van der Waals surface area contributed by atoms with Crippen molar-refractivity contribution in [1.82, 2.24) is 4.90 Å². The highest BCUT2D eigenvalue weighted by atomic mass is 79.9. The number of carbonyl (C=O) groups is 2. The van der Waals surface area contributed by atoms with Gasteiger partial charge in [0.1, 0.15) is 5.41 Å². The number of rotatable bonds is 4. The van der Waals surface area contributed by atoms with Gasteiger partial charge in [-0.05, 0) is 37.5 Å². The fraction of sp³-hybridized carbons (Fsp3) is 0.500. The van der Waals surface area contributed by atoms with Gasteiger partial charge in [-0.25, -0.2) is 0 Å². The summed E-state index contributed by atoms with van der Waals surface area (Å²) in [5, 5.41) is 9.56. The van der Waals surface area contributed by atoms with Crippen LogP contribution in [0.15, 0.2) is 22.7 Å². The molecule has 1 aromatic rings. The summed E-state index contributed by atoms with van der Waals surface area (Å²) in [6, 6.07) is 5.47. The lowest BCUT2D eigenvalue weighted by atomic mass is 9.80. The summed E-state index contributed by atoms with van der Waals surface area (Å²) in [4.78, 5) is 26.1. The van der Waals surface area contributed by atoms with E-state index in [0.29, 0.717) is 24.9 Å². The first kappa shape index (κ1) is 17.0. The molecule has 0 bridgehead atoms. The molecule has 0 aliphatic carbocycles. The first-order valence-electron chi connectivity index (χ1n) is 7.18. The Morgan fingerprint density at radius 1 is 1.45 bits per heavy atom. The molecule has 1 aliphatic heterocycles. The highest BCUT2D eigenvalue weighted by Gasteiger charge is 2.44. The summed E-state index contributed by atoms with van der Waals surface area (Å²) < 4.78 is 5.97. The van der Waals surface area contributed by atoms with Gasteiger partial charge in [0, 0.05) is 30.2 Å². The van der Waals surface area contributed by atoms with E-state index in [4.69, 9.17) is 4.74 Å². The molecule has 1 atom stereocenters. The Bertz CT molecular complexity index is 586. The Morgan fingerprint density at radius 3 is 2.82 bits per heavy atom. The largest absolute Gasteiger partial charge is 0.481 e. The van der Waals surface area contributed by atoms with Gasteiger partial charge in [-0.15, -0.1) is 0 Å². The number of piperidine rings is 1. The van der Waals surface area contributed by atoms with Gasteiger partial charge in [-0.2, -0.15) is 0 Å². The third kappa shape index (κ3) is 3.17. The number of ether oxygens (including phenoxy) is 1. The van der Waals surface area contributed by atoms with Crippen molar-refractivity contribution in [2.24, 2.45) is 5.41 Å². The summed E-state index contributed by atoms with van der Waals surface area (Å²) >= 11 is 3.42. The maximum atomic E-state index is 12.8. The molecule has 0 saturated carbocycles. The molecule has 1 fully saturated rings. The van der Waals surface area contributed by atoms with E-state index in [9.17, 15) is 14.7 Å². The summed E-state index contributed by atoms with van der Waals surface area (Å²) in [5.74, 6) is -1.03. The second kappa shape index (κ2) is 6.79. The molecule has 0 aromatic heterocycles. The van der Waals surface area contributed by atoms with Crippen LogP contribution in [0.5, 0.6) is 0 Å². The van der Waals surface area contributed by atoms with Gasteiger partial charge in [-0.3, -0.25) is 9.59 Å². The molecule has 1 aliphatic rings. The number of nitrogens with zero attached hydrogens (tertiary/aromatic N) is 1. The van der Waals surface area contributed by atoms with Crippen LogP contribution in [0.4, 0.5) is 0 Å². The van der Waals surface area contributed by atoms with Crippen molar-refractivity contribution in [3.8, 4) is 0 Å². The molecule has 6 heteroatoms. The number of benzene rings is 1. The van der Waals surface area contributed by atoms with Crippen LogP contribution in [-0.4, -0.2) is 48.7 Å². The quantitative estimate of drug-likeness (QED) is 0.885. The molecule has 1 unspecified atom stereocenters. The number of amides is 1. The minimum absolute atomic E-state index is 0.115. The van der Waals surface area contributed by atoms with Crippen LogP contribution in [0, 0.1) is 12.3 Å². The molecule has 5 nitrogen and oxygen atoms in total. The maximum Gasteiger partial charge on any atom is 0.313 e. The first-order valence-corrected chi connectivity index (χ1v) is 7.97. The van der Waals surface area contributed by atoms with Gasteiger partial charge in [0.25, 0.3) is 5.91 Å². The molecular weight excluding hydrogens is 350 g/mol. The first-order chi connectivity index (χ1) is 10.4. The van der Waals surface area contributed by atoms with Crippen molar-refractivity contribution < 1.29 is 19.4 Å². The molecule has 120 valence electrons. The van der Waals surface area contributed by atoms with Gasteiger partial charge < -0.3 is 14.7 Å². The van der Waals surface area contributed by atoms with Crippen LogP contribution in [0.25, 0.3) is 0 Å². The van der Waals surface area contributed by atoms with E-state index >= 15 is 0 Å². The van der Waals surface area contributed by atoms with Crippen molar-refractivity contribution in [3.05, 3.63) is 33.8 Å². The lowest BCUT2D eigenvalue weighted by Gasteiger charge is -2.39. The van der Waals surface area contributed by atoms with Crippen LogP contribution in [0.3, 0.4) is 0 Å². The van der Waals surface area contributed by atoms with Crippen molar-refractivity contribution in [2.45, 2.75) is 19.8 Å². The molecule has 1 amide bonds. The smallest absolute Gasteiger partial charge is 0.313 e. The van der Waals surface area contributed by atoms with Crippen molar-refractivity contribution >= 4 is 27.8 Å². The third-order valence-electron chi connectivity index (χ3n) is 4.24. The third-order valence-corrected chi connectivity index (χ3v) is 5.10. The van der Waals surface area contributed by atoms with Crippen molar-refractivity contribution in [3.63, 3.8) is 0 Å². The van der Waals surface area contributed by atoms with Crippen LogP contribution in [0.1, 0.15) is 28.8 Å². The molecule has 22 heavy (non-hydrogen) atoms. The van der Waals surface area contributed by atoms with Crippen LogP contribution in [0.2, 0.25) is 0 Å². The second-order valence-electron chi connectivity index (χ2n) is 5.76. The lowest BCUT2D eigenvalue weighted by molar-refractivity contribution is -0.155. The van der Waals surface area contributed by atoms with E-state index in [2.05, 4.69) is 15.9 Å². The van der Waals surface area contributed by atoms with E-state index in [1.807, 2.05) is 19.1 Å².